The normalized spacial score (nSPS) is 10.6. The number of nitrogens with zero attached hydrogens (tertiary/aromatic N) is 1. The summed E-state index contributed by atoms with van der Waals surface area (Å²) in [5.41, 5.74) is 0. The molecule has 0 bridgehead atoms. The summed E-state index contributed by atoms with van der Waals surface area (Å²) in [7, 11) is -4.53. The van der Waals surface area contributed by atoms with Gasteiger partial charge in [-0.1, -0.05) is 0 Å². The molecule has 0 aliphatic rings. The summed E-state index contributed by atoms with van der Waals surface area (Å²) in [6.45, 7) is 0. The maximum Gasteiger partial charge on any atom is 1.00 e. The van der Waals surface area contributed by atoms with Crippen molar-refractivity contribution in [2.45, 2.75) is 4.90 Å². The Hall–Kier alpha value is 0.340. The molecular weight excluding hydrogens is 273 g/mol. The van der Waals surface area contributed by atoms with Crippen molar-refractivity contribution in [1.82, 2.24) is 0 Å². The molecule has 0 aliphatic heterocycles. The van der Waals surface area contributed by atoms with Gasteiger partial charge < -0.3 is 9.76 Å². The predicted octanol–water partition coefficient (Wildman–Crippen LogP) is -3.01. The Morgan fingerprint density at radius 3 is 2.31 bits per heavy atom. The molecule has 0 fully saturated rings. The van der Waals surface area contributed by atoms with Gasteiger partial charge in [0.1, 0.15) is 15.0 Å². The van der Waals surface area contributed by atoms with Gasteiger partial charge in [0, 0.05) is 22.0 Å². The van der Waals surface area contributed by atoms with Crippen LogP contribution in [0, 0.1) is 5.21 Å². The van der Waals surface area contributed by atoms with Crippen LogP contribution in [0.5, 0.6) is 0 Å². The molecular formula is C5H3BrNNaO4S. The fraction of sp³-hybridized carbons (Fsp3) is 0. The molecule has 1 heterocycles. The van der Waals surface area contributed by atoms with Crippen LogP contribution in [-0.2, 0) is 10.1 Å². The van der Waals surface area contributed by atoms with Gasteiger partial charge in [-0.2, -0.15) is 4.73 Å². The van der Waals surface area contributed by atoms with E-state index in [1.165, 1.54) is 6.07 Å². The first-order chi connectivity index (χ1) is 5.41. The molecule has 0 unspecified atom stereocenters. The number of hydrogen-bond acceptors (Lipinski definition) is 4. The Labute approximate surface area is 106 Å². The monoisotopic (exact) mass is 275 g/mol. The minimum absolute atomic E-state index is 0. The number of rotatable bonds is 1. The van der Waals surface area contributed by atoms with Crippen molar-refractivity contribution in [3.05, 3.63) is 28.1 Å². The summed E-state index contributed by atoms with van der Waals surface area (Å²) in [4.78, 5) is -0.541. The Morgan fingerprint density at radius 2 is 1.92 bits per heavy atom. The van der Waals surface area contributed by atoms with Crippen molar-refractivity contribution >= 4 is 26.0 Å². The van der Waals surface area contributed by atoms with E-state index in [9.17, 15) is 18.2 Å². The molecule has 0 saturated carbocycles. The van der Waals surface area contributed by atoms with Gasteiger partial charge in [0.15, 0.2) is 6.20 Å². The van der Waals surface area contributed by atoms with Gasteiger partial charge in [-0.15, -0.1) is 0 Å². The summed E-state index contributed by atoms with van der Waals surface area (Å²) >= 11 is 2.85. The Morgan fingerprint density at radius 1 is 1.38 bits per heavy atom. The molecule has 0 amide bonds. The second-order valence-electron chi connectivity index (χ2n) is 1.97. The second-order valence-corrected chi connectivity index (χ2v) is 4.16. The summed E-state index contributed by atoms with van der Waals surface area (Å²) < 4.78 is 31.5. The third kappa shape index (κ3) is 3.53. The average molecular weight is 276 g/mol. The zero-order chi connectivity index (χ0) is 9.35. The van der Waals surface area contributed by atoms with E-state index in [1.807, 2.05) is 0 Å². The van der Waals surface area contributed by atoms with Crippen LogP contribution < -0.4 is 34.3 Å². The van der Waals surface area contributed by atoms with E-state index in [0.717, 1.165) is 6.07 Å². The minimum Gasteiger partial charge on any atom is -0.744 e. The summed E-state index contributed by atoms with van der Waals surface area (Å²) in [5, 5.41) is 10.8. The van der Waals surface area contributed by atoms with E-state index in [-0.39, 0.29) is 38.9 Å². The van der Waals surface area contributed by atoms with E-state index in [1.54, 1.807) is 0 Å². The largest absolute Gasteiger partial charge is 1.00 e. The van der Waals surface area contributed by atoms with Crippen molar-refractivity contribution in [2.75, 3.05) is 0 Å². The summed E-state index contributed by atoms with van der Waals surface area (Å²) in [6, 6.07) is 2.25. The smallest absolute Gasteiger partial charge is 0.744 e. The van der Waals surface area contributed by atoms with Crippen LogP contribution in [0.2, 0.25) is 0 Å². The van der Waals surface area contributed by atoms with Crippen LogP contribution in [0.25, 0.3) is 0 Å². The third-order valence-corrected chi connectivity index (χ3v) is 2.56. The topological polar surface area (TPSA) is 84.1 Å². The van der Waals surface area contributed by atoms with Crippen LogP contribution in [0.15, 0.2) is 27.8 Å². The molecule has 0 saturated heterocycles. The van der Waals surface area contributed by atoms with E-state index in [2.05, 4.69) is 15.9 Å². The van der Waals surface area contributed by atoms with Crippen molar-refractivity contribution < 1.29 is 47.3 Å². The fourth-order valence-corrected chi connectivity index (χ4v) is 1.29. The zero-order valence-corrected chi connectivity index (χ0v) is 11.0. The first-order valence-corrected chi connectivity index (χ1v) is 4.96. The van der Waals surface area contributed by atoms with Crippen LogP contribution in [0.1, 0.15) is 0 Å². The molecule has 0 N–H and O–H groups in total. The number of aromatic nitrogens is 1. The molecule has 1 aromatic rings. The molecule has 0 radical (unpaired) electrons. The van der Waals surface area contributed by atoms with Crippen LogP contribution in [0.3, 0.4) is 0 Å². The van der Waals surface area contributed by atoms with Gasteiger partial charge in [0.2, 0.25) is 0 Å². The van der Waals surface area contributed by atoms with E-state index >= 15 is 0 Å². The van der Waals surface area contributed by atoms with Gasteiger partial charge in [-0.3, -0.25) is 0 Å². The van der Waals surface area contributed by atoms with Crippen LogP contribution >= 0.6 is 15.9 Å². The van der Waals surface area contributed by atoms with E-state index in [0.29, 0.717) is 6.20 Å². The molecule has 8 heteroatoms. The summed E-state index contributed by atoms with van der Waals surface area (Å²) in [5.74, 6) is 0. The summed E-state index contributed by atoms with van der Waals surface area (Å²) in [6.07, 6.45) is 0.701. The standard InChI is InChI=1S/C5H4BrNO4S.Na/c6-5-2-1-4(3-7(5)8)12(9,10)11;/h1-3H,(H,9,10,11);/q;+1/p-1. The van der Waals surface area contributed by atoms with Crippen molar-refractivity contribution in [1.29, 1.82) is 0 Å². The molecule has 1 rings (SSSR count). The van der Waals surface area contributed by atoms with Crippen molar-refractivity contribution in [2.24, 2.45) is 0 Å². The number of hydrogen-bond donors (Lipinski definition) is 0. The first kappa shape index (κ1) is 13.3. The van der Waals surface area contributed by atoms with Gasteiger partial charge in [0.05, 0.1) is 0 Å². The van der Waals surface area contributed by atoms with E-state index in [4.69, 9.17) is 0 Å². The molecule has 0 spiro atoms. The SMILES string of the molecule is O=S(=O)([O-])c1ccc(Br)[n+]([O-])c1.[Na+]. The molecule has 5 nitrogen and oxygen atoms in total. The quantitative estimate of drug-likeness (QED) is 0.180. The van der Waals surface area contributed by atoms with Gasteiger partial charge in [-0.25, -0.2) is 8.42 Å². The van der Waals surface area contributed by atoms with Gasteiger partial charge in [-0.05, 0) is 6.07 Å². The minimum atomic E-state index is -4.53. The second kappa shape index (κ2) is 4.72. The maximum atomic E-state index is 10.8. The predicted molar refractivity (Wildman–Crippen MR) is 41.1 cm³/mol. The Kier molecular flexibility index (Phi) is 4.84. The molecule has 0 atom stereocenters. The average Bonchev–Trinajstić information content (AvgIpc) is 1.92. The number of pyridine rings is 1. The molecule has 0 aliphatic carbocycles. The number of halogens is 1. The molecule has 1 aromatic heterocycles. The third-order valence-electron chi connectivity index (χ3n) is 1.13. The molecule has 0 aromatic carbocycles. The molecule has 66 valence electrons. The van der Waals surface area contributed by atoms with Crippen LogP contribution in [0.4, 0.5) is 0 Å². The fourth-order valence-electron chi connectivity index (χ4n) is 0.593. The van der Waals surface area contributed by atoms with Crippen LogP contribution in [-0.4, -0.2) is 13.0 Å². The Balaban J connectivity index is 0.00000144. The van der Waals surface area contributed by atoms with E-state index < -0.39 is 15.0 Å². The van der Waals surface area contributed by atoms with Gasteiger partial charge >= 0.3 is 29.6 Å². The Bertz CT molecular complexity index is 407. The van der Waals surface area contributed by atoms with Crippen molar-refractivity contribution in [3.63, 3.8) is 0 Å². The first-order valence-electron chi connectivity index (χ1n) is 2.76. The van der Waals surface area contributed by atoms with Gasteiger partial charge in [0.25, 0.3) is 4.60 Å². The molecule has 13 heavy (non-hydrogen) atoms. The zero-order valence-electron chi connectivity index (χ0n) is 6.60. The van der Waals surface area contributed by atoms with Crippen molar-refractivity contribution in [3.8, 4) is 0 Å². The maximum absolute atomic E-state index is 10.8.